The number of aliphatic hydroxyl groups is 1. The van der Waals surface area contributed by atoms with Crippen molar-refractivity contribution in [3.05, 3.63) is 39.5 Å². The zero-order chi connectivity index (χ0) is 20.1. The number of benzene rings is 1. The highest BCUT2D eigenvalue weighted by molar-refractivity contribution is 9.10. The van der Waals surface area contributed by atoms with Crippen molar-refractivity contribution in [2.24, 2.45) is 5.92 Å². The Morgan fingerprint density at radius 2 is 2.21 bits per heavy atom. The zero-order valence-corrected chi connectivity index (χ0v) is 16.8. The number of ether oxygens (including phenoxy) is 1. The number of aliphatic hydroxyl groups excluding tert-OH is 1. The highest BCUT2D eigenvalue weighted by atomic mass is 79.9. The van der Waals surface area contributed by atoms with Crippen molar-refractivity contribution in [3.8, 4) is 12.1 Å². The lowest BCUT2D eigenvalue weighted by Crippen LogP contribution is -2.38. The third-order valence-corrected chi connectivity index (χ3v) is 5.45. The first kappa shape index (κ1) is 20.0. The third kappa shape index (κ3) is 4.39. The van der Waals surface area contributed by atoms with E-state index in [9.17, 15) is 15.6 Å². The number of aryl methyl sites for hydroxylation is 1. The van der Waals surface area contributed by atoms with Crippen LogP contribution in [0.1, 0.15) is 23.1 Å². The molecule has 1 fully saturated rings. The van der Waals surface area contributed by atoms with Gasteiger partial charge in [0.2, 0.25) is 5.95 Å². The largest absolute Gasteiger partial charge is 0.392 e. The van der Waals surface area contributed by atoms with Gasteiger partial charge in [0.15, 0.2) is 0 Å². The minimum Gasteiger partial charge on any atom is -0.392 e. The maximum absolute atomic E-state index is 9.49. The van der Waals surface area contributed by atoms with Crippen molar-refractivity contribution in [1.29, 1.82) is 10.5 Å². The molecule has 0 spiro atoms. The van der Waals surface area contributed by atoms with Crippen LogP contribution in [0.25, 0.3) is 0 Å². The highest BCUT2D eigenvalue weighted by Gasteiger charge is 2.26. The van der Waals surface area contributed by atoms with Crippen LogP contribution < -0.4 is 10.6 Å². The number of aromatic nitrogens is 2. The molecule has 1 aliphatic heterocycles. The second-order valence-corrected chi connectivity index (χ2v) is 7.26. The Balaban J connectivity index is 1.84. The van der Waals surface area contributed by atoms with Crippen LogP contribution in [0.5, 0.6) is 0 Å². The number of nitrogens with one attached hydrogen (secondary N) is 2. The number of nitriles is 2. The van der Waals surface area contributed by atoms with Crippen molar-refractivity contribution in [2.75, 3.05) is 23.8 Å². The second kappa shape index (κ2) is 8.98. The number of rotatable bonds is 5. The molecule has 1 aromatic heterocycles. The number of hydrogen-bond acceptors (Lipinski definition) is 8. The smallest absolute Gasteiger partial charge is 0.229 e. The number of nitrogens with zero attached hydrogens (tertiary/aromatic N) is 4. The monoisotopic (exact) mass is 442 g/mol. The molecule has 2 aromatic rings. The fourth-order valence-electron chi connectivity index (χ4n) is 2.94. The number of hydrogen-bond donors (Lipinski definition) is 3. The third-order valence-electron chi connectivity index (χ3n) is 4.51. The molecule has 3 rings (SSSR count). The molecule has 2 heterocycles. The van der Waals surface area contributed by atoms with Crippen LogP contribution in [0.15, 0.2) is 22.8 Å². The summed E-state index contributed by atoms with van der Waals surface area (Å²) in [6, 6.07) is 7.64. The van der Waals surface area contributed by atoms with Gasteiger partial charge >= 0.3 is 0 Å². The predicted molar refractivity (Wildman–Crippen MR) is 107 cm³/mol. The van der Waals surface area contributed by atoms with Crippen molar-refractivity contribution < 1.29 is 9.84 Å². The van der Waals surface area contributed by atoms with E-state index >= 15 is 0 Å². The molecule has 2 atom stereocenters. The number of halogens is 1. The van der Waals surface area contributed by atoms with Crippen LogP contribution in [0.4, 0.5) is 17.5 Å². The molecule has 0 aliphatic carbocycles. The number of anilines is 3. The second-order valence-electron chi connectivity index (χ2n) is 6.47. The van der Waals surface area contributed by atoms with Crippen LogP contribution in [-0.2, 0) is 11.3 Å². The molecule has 0 saturated carbocycles. The van der Waals surface area contributed by atoms with Gasteiger partial charge < -0.3 is 20.5 Å². The van der Waals surface area contributed by atoms with E-state index in [2.05, 4.69) is 48.7 Å². The summed E-state index contributed by atoms with van der Waals surface area (Å²) in [5.41, 5.74) is 2.42. The lowest BCUT2D eigenvalue weighted by Gasteiger charge is -2.28. The van der Waals surface area contributed by atoms with Gasteiger partial charge in [-0.15, -0.1) is 0 Å². The van der Waals surface area contributed by atoms with E-state index in [0.29, 0.717) is 52.7 Å². The maximum Gasteiger partial charge on any atom is 0.229 e. The topological polar surface area (TPSA) is 127 Å². The Morgan fingerprint density at radius 1 is 1.39 bits per heavy atom. The molecule has 2 unspecified atom stereocenters. The quantitative estimate of drug-likeness (QED) is 0.644. The van der Waals surface area contributed by atoms with Crippen molar-refractivity contribution in [3.63, 3.8) is 0 Å². The van der Waals surface area contributed by atoms with Gasteiger partial charge in [0.25, 0.3) is 0 Å². The highest BCUT2D eigenvalue weighted by Crippen LogP contribution is 2.28. The summed E-state index contributed by atoms with van der Waals surface area (Å²) in [4.78, 5) is 8.79. The van der Waals surface area contributed by atoms with E-state index in [-0.39, 0.29) is 18.6 Å². The van der Waals surface area contributed by atoms with E-state index in [1.165, 1.54) is 0 Å². The molecule has 1 aliphatic rings. The molecular formula is C19H19BrN6O2. The lowest BCUT2D eigenvalue weighted by atomic mass is 9.96. The molecule has 9 heteroatoms. The van der Waals surface area contributed by atoms with E-state index in [4.69, 9.17) is 4.74 Å². The standard InChI is InChI=1S/C19H19BrN6O2/c1-11-8-23-19(24-15-4-13(7-22)17(20)14(5-15)9-27)26-18(11)25-16-10-28-3-2-12(16)6-21/h4-5,8,12,16,27H,2-3,9-10H2,1H3,(H2,23,24,25,26). The Hall–Kier alpha value is -2.72. The van der Waals surface area contributed by atoms with Crippen LogP contribution in [0.2, 0.25) is 0 Å². The van der Waals surface area contributed by atoms with Gasteiger partial charge in [0.05, 0.1) is 36.8 Å². The first-order valence-corrected chi connectivity index (χ1v) is 9.53. The molecule has 144 valence electrons. The first-order valence-electron chi connectivity index (χ1n) is 8.73. The zero-order valence-electron chi connectivity index (χ0n) is 15.2. The van der Waals surface area contributed by atoms with Crippen LogP contribution in [-0.4, -0.2) is 34.3 Å². The molecule has 8 nitrogen and oxygen atoms in total. The SMILES string of the molecule is Cc1cnc(Nc2cc(C#N)c(Br)c(CO)c2)nc1NC1COCCC1C#N. The van der Waals surface area contributed by atoms with Gasteiger partial charge in [0.1, 0.15) is 11.9 Å². The molecular weight excluding hydrogens is 424 g/mol. The van der Waals surface area contributed by atoms with Crippen molar-refractivity contribution >= 4 is 33.4 Å². The van der Waals surface area contributed by atoms with Crippen LogP contribution in [0.3, 0.4) is 0 Å². The Bertz CT molecular complexity index is 953. The van der Waals surface area contributed by atoms with Gasteiger partial charge in [-0.25, -0.2) is 4.98 Å². The minimum absolute atomic E-state index is 0.140. The average molecular weight is 443 g/mol. The van der Waals surface area contributed by atoms with Gasteiger partial charge in [0, 0.05) is 28.5 Å². The Morgan fingerprint density at radius 3 is 2.93 bits per heavy atom. The molecule has 1 saturated heterocycles. The maximum atomic E-state index is 9.49. The average Bonchev–Trinajstić information content (AvgIpc) is 2.72. The summed E-state index contributed by atoms with van der Waals surface area (Å²) in [5, 5.41) is 34.5. The van der Waals surface area contributed by atoms with Gasteiger partial charge in [-0.2, -0.15) is 15.5 Å². The summed E-state index contributed by atoms with van der Waals surface area (Å²) in [6.07, 6.45) is 2.36. The van der Waals surface area contributed by atoms with E-state index < -0.39 is 0 Å². The molecule has 1 aromatic carbocycles. The summed E-state index contributed by atoms with van der Waals surface area (Å²) in [5.74, 6) is 0.818. The Kier molecular flexibility index (Phi) is 6.42. The van der Waals surface area contributed by atoms with Crippen molar-refractivity contribution in [1.82, 2.24) is 9.97 Å². The molecule has 28 heavy (non-hydrogen) atoms. The van der Waals surface area contributed by atoms with E-state index in [0.717, 1.165) is 5.56 Å². The van der Waals surface area contributed by atoms with Crippen molar-refractivity contribution in [2.45, 2.75) is 26.0 Å². The molecule has 0 bridgehead atoms. The summed E-state index contributed by atoms with van der Waals surface area (Å²) < 4.78 is 6.05. The molecule has 0 radical (unpaired) electrons. The Labute approximate surface area is 171 Å². The van der Waals surface area contributed by atoms with Gasteiger partial charge in [-0.3, -0.25) is 0 Å². The minimum atomic E-state index is -0.205. The summed E-state index contributed by atoms with van der Waals surface area (Å²) in [6.45, 7) is 2.71. The van der Waals surface area contributed by atoms with Crippen LogP contribution >= 0.6 is 15.9 Å². The predicted octanol–water partition coefficient (Wildman–Crippen LogP) is 3.00. The van der Waals surface area contributed by atoms with E-state index in [1.54, 1.807) is 18.3 Å². The lowest BCUT2D eigenvalue weighted by molar-refractivity contribution is 0.0698. The summed E-state index contributed by atoms with van der Waals surface area (Å²) >= 11 is 3.32. The van der Waals surface area contributed by atoms with E-state index in [1.807, 2.05) is 6.92 Å². The molecule has 3 N–H and O–H groups in total. The van der Waals surface area contributed by atoms with Gasteiger partial charge in [-0.1, -0.05) is 0 Å². The summed E-state index contributed by atoms with van der Waals surface area (Å²) in [7, 11) is 0. The van der Waals surface area contributed by atoms with Gasteiger partial charge in [-0.05, 0) is 47.0 Å². The van der Waals surface area contributed by atoms with Crippen LogP contribution in [0, 0.1) is 35.5 Å². The fraction of sp³-hybridized carbons (Fsp3) is 0.368. The normalized spacial score (nSPS) is 18.8. The molecule has 0 amide bonds. The first-order chi connectivity index (χ1) is 13.5. The fourth-order valence-corrected chi connectivity index (χ4v) is 3.38.